The third-order valence-electron chi connectivity index (χ3n) is 5.40. The van der Waals surface area contributed by atoms with E-state index in [1.807, 2.05) is 42.5 Å². The Hall–Kier alpha value is -3.57. The van der Waals surface area contributed by atoms with Gasteiger partial charge in [-0.1, -0.05) is 60.3 Å². The molecule has 1 N–H and O–H groups in total. The molecule has 1 amide bonds. The van der Waals surface area contributed by atoms with Gasteiger partial charge in [-0.3, -0.25) is 4.79 Å². The van der Waals surface area contributed by atoms with Gasteiger partial charge in [0.2, 0.25) is 5.91 Å². The molecule has 1 aliphatic rings. The van der Waals surface area contributed by atoms with E-state index in [1.165, 1.54) is 12.1 Å². The predicted molar refractivity (Wildman–Crippen MR) is 127 cm³/mol. The number of nitrogens with one attached hydrogen (secondary N) is 1. The number of nitriles is 1. The highest BCUT2D eigenvalue weighted by Crippen LogP contribution is 2.34. The number of fused-ring (bicyclic) bond motifs is 1. The van der Waals surface area contributed by atoms with Crippen molar-refractivity contribution in [3.63, 3.8) is 0 Å². The first kappa shape index (κ1) is 23.6. The largest absolute Gasteiger partial charge is 0.416 e. The summed E-state index contributed by atoms with van der Waals surface area (Å²) in [7, 11) is 0. The Morgan fingerprint density at radius 3 is 2.65 bits per heavy atom. The second-order valence-corrected chi connectivity index (χ2v) is 8.72. The van der Waals surface area contributed by atoms with Gasteiger partial charge in [0.15, 0.2) is 0 Å². The highest BCUT2D eigenvalue weighted by Gasteiger charge is 2.30. The minimum absolute atomic E-state index is 0.0642. The van der Waals surface area contributed by atoms with E-state index in [4.69, 9.17) is 0 Å². The lowest BCUT2D eigenvalue weighted by atomic mass is 10.0. The summed E-state index contributed by atoms with van der Waals surface area (Å²) in [6, 6.07) is 16.5. The zero-order valence-corrected chi connectivity index (χ0v) is 18.8. The van der Waals surface area contributed by atoms with Gasteiger partial charge in [0.1, 0.15) is 11.1 Å². The minimum atomic E-state index is -4.49. The quantitative estimate of drug-likeness (QED) is 0.418. The molecule has 0 saturated heterocycles. The zero-order chi connectivity index (χ0) is 24.1. The summed E-state index contributed by atoms with van der Waals surface area (Å²) in [6.07, 6.45) is 1.97. The van der Waals surface area contributed by atoms with Crippen molar-refractivity contribution < 1.29 is 18.0 Å². The topological polar surface area (TPSA) is 65.8 Å². The van der Waals surface area contributed by atoms with Crippen molar-refractivity contribution in [2.24, 2.45) is 0 Å². The second kappa shape index (κ2) is 10.1. The lowest BCUT2D eigenvalue weighted by Gasteiger charge is -2.12. The van der Waals surface area contributed by atoms with Gasteiger partial charge >= 0.3 is 6.18 Å². The van der Waals surface area contributed by atoms with Gasteiger partial charge in [0.25, 0.3) is 0 Å². The van der Waals surface area contributed by atoms with Crippen LogP contribution in [0, 0.1) is 11.3 Å². The van der Waals surface area contributed by atoms with Crippen LogP contribution in [0.2, 0.25) is 0 Å². The Morgan fingerprint density at radius 1 is 1.12 bits per heavy atom. The molecule has 0 radical (unpaired) electrons. The molecule has 1 aromatic heterocycles. The van der Waals surface area contributed by atoms with Crippen molar-refractivity contribution in [1.29, 1.82) is 5.26 Å². The average molecular weight is 480 g/mol. The number of hydrogen-bond donors (Lipinski definition) is 1. The van der Waals surface area contributed by atoms with Crippen molar-refractivity contribution in [2.75, 3.05) is 11.1 Å². The Labute approximate surface area is 199 Å². The fraction of sp³-hybridized carbons (Fsp3) is 0.192. The predicted octanol–water partition coefficient (Wildman–Crippen LogP) is 6.36. The summed E-state index contributed by atoms with van der Waals surface area (Å²) < 4.78 is 38.7. The lowest BCUT2D eigenvalue weighted by Crippen LogP contribution is -2.15. The van der Waals surface area contributed by atoms with E-state index in [1.54, 1.807) is 0 Å². The van der Waals surface area contributed by atoms with E-state index >= 15 is 0 Å². The van der Waals surface area contributed by atoms with Crippen molar-refractivity contribution in [3.8, 4) is 6.07 Å². The van der Waals surface area contributed by atoms with E-state index in [0.29, 0.717) is 10.6 Å². The number of rotatable bonds is 6. The van der Waals surface area contributed by atoms with Crippen LogP contribution in [0.5, 0.6) is 0 Å². The standard InChI is InChI=1S/C26H20F3N3OS/c27-26(28,29)18-8-4-9-19(14-18)31-24(33)16-34-25-22(15-30)20(21-10-5-11-23(21)32-25)13-12-17-6-2-1-3-7-17/h1-4,6-9,12-14H,5,10-11,16H2,(H,31,33)/b13-12-. The number of hydrogen-bond acceptors (Lipinski definition) is 4. The molecule has 0 aliphatic heterocycles. The maximum atomic E-state index is 12.9. The Kier molecular flexibility index (Phi) is 7.03. The van der Waals surface area contributed by atoms with Crippen LogP contribution in [-0.2, 0) is 23.8 Å². The van der Waals surface area contributed by atoms with E-state index < -0.39 is 17.6 Å². The van der Waals surface area contributed by atoms with E-state index in [2.05, 4.69) is 16.4 Å². The molecule has 2 aromatic carbocycles. The lowest BCUT2D eigenvalue weighted by molar-refractivity contribution is -0.137. The Morgan fingerprint density at radius 2 is 1.91 bits per heavy atom. The summed E-state index contributed by atoms with van der Waals surface area (Å²) >= 11 is 1.11. The molecule has 3 aromatic rings. The van der Waals surface area contributed by atoms with Gasteiger partial charge in [-0.05, 0) is 54.2 Å². The number of nitrogens with zero attached hydrogens (tertiary/aromatic N) is 2. The monoisotopic (exact) mass is 479 g/mol. The van der Waals surface area contributed by atoms with Gasteiger partial charge in [0.05, 0.1) is 16.9 Å². The number of aromatic nitrogens is 1. The molecule has 0 bridgehead atoms. The van der Waals surface area contributed by atoms with Crippen LogP contribution in [0.25, 0.3) is 12.2 Å². The summed E-state index contributed by atoms with van der Waals surface area (Å²) in [6.45, 7) is 0. The summed E-state index contributed by atoms with van der Waals surface area (Å²) in [5.74, 6) is -0.560. The first-order valence-corrected chi connectivity index (χ1v) is 11.6. The van der Waals surface area contributed by atoms with Gasteiger partial charge in [-0.2, -0.15) is 18.4 Å². The number of pyridine rings is 1. The third-order valence-corrected chi connectivity index (χ3v) is 6.38. The Bertz CT molecular complexity index is 1280. The molecule has 4 rings (SSSR count). The smallest absolute Gasteiger partial charge is 0.325 e. The first-order chi connectivity index (χ1) is 16.3. The van der Waals surface area contributed by atoms with Crippen molar-refractivity contribution in [2.45, 2.75) is 30.5 Å². The van der Waals surface area contributed by atoms with Crippen molar-refractivity contribution in [1.82, 2.24) is 4.98 Å². The van der Waals surface area contributed by atoms with Crippen LogP contribution in [0.1, 0.15) is 39.9 Å². The van der Waals surface area contributed by atoms with Gasteiger partial charge < -0.3 is 5.32 Å². The van der Waals surface area contributed by atoms with Crippen LogP contribution < -0.4 is 5.32 Å². The molecule has 0 unspecified atom stereocenters. The highest BCUT2D eigenvalue weighted by atomic mass is 32.2. The number of thioether (sulfide) groups is 1. The maximum absolute atomic E-state index is 12.9. The maximum Gasteiger partial charge on any atom is 0.416 e. The molecular weight excluding hydrogens is 459 g/mol. The summed E-state index contributed by atoms with van der Waals surface area (Å²) in [5, 5.41) is 12.8. The first-order valence-electron chi connectivity index (χ1n) is 10.6. The van der Waals surface area contributed by atoms with Gasteiger partial charge in [0, 0.05) is 11.4 Å². The molecule has 4 nitrogen and oxygen atoms in total. The van der Waals surface area contributed by atoms with Gasteiger partial charge in [-0.25, -0.2) is 4.98 Å². The van der Waals surface area contributed by atoms with E-state index in [9.17, 15) is 23.2 Å². The number of alkyl halides is 3. The number of aryl methyl sites for hydroxylation is 1. The second-order valence-electron chi connectivity index (χ2n) is 7.76. The van der Waals surface area contributed by atoms with E-state index in [0.717, 1.165) is 65.5 Å². The van der Waals surface area contributed by atoms with Crippen molar-refractivity contribution in [3.05, 3.63) is 88.1 Å². The fourth-order valence-electron chi connectivity index (χ4n) is 3.83. The van der Waals surface area contributed by atoms with E-state index in [-0.39, 0.29) is 11.4 Å². The zero-order valence-electron chi connectivity index (χ0n) is 18.0. The summed E-state index contributed by atoms with van der Waals surface area (Å²) in [4.78, 5) is 17.1. The number of amides is 1. The number of benzene rings is 2. The van der Waals surface area contributed by atoms with Crippen LogP contribution in [0.3, 0.4) is 0 Å². The van der Waals surface area contributed by atoms with Crippen LogP contribution in [-0.4, -0.2) is 16.6 Å². The van der Waals surface area contributed by atoms with Crippen LogP contribution >= 0.6 is 11.8 Å². The molecule has 0 saturated carbocycles. The SMILES string of the molecule is N#Cc1c(SCC(=O)Nc2cccc(C(F)(F)F)c2)nc2c(c1/C=C\c1ccccc1)CCC2. The molecule has 172 valence electrons. The average Bonchev–Trinajstić information content (AvgIpc) is 3.29. The molecular formula is C26H20F3N3OS. The Balaban J connectivity index is 1.54. The minimum Gasteiger partial charge on any atom is -0.325 e. The molecule has 1 heterocycles. The highest BCUT2D eigenvalue weighted by molar-refractivity contribution is 8.00. The number of halogens is 3. The number of carbonyl (C=O) groups is 1. The van der Waals surface area contributed by atoms with Crippen molar-refractivity contribution >= 4 is 35.5 Å². The molecule has 8 heteroatoms. The molecule has 0 spiro atoms. The summed E-state index contributed by atoms with van der Waals surface area (Å²) in [5.41, 5.74) is 3.44. The fourth-order valence-corrected chi connectivity index (χ4v) is 4.64. The molecule has 34 heavy (non-hydrogen) atoms. The molecule has 0 fully saturated rings. The molecule has 1 aliphatic carbocycles. The normalized spacial score (nSPS) is 13.0. The van der Waals surface area contributed by atoms with Crippen LogP contribution in [0.4, 0.5) is 18.9 Å². The third kappa shape index (κ3) is 5.49. The molecule has 0 atom stereocenters. The number of carbonyl (C=O) groups excluding carboxylic acids is 1. The van der Waals surface area contributed by atoms with Crippen LogP contribution in [0.15, 0.2) is 59.6 Å². The van der Waals surface area contributed by atoms with Gasteiger partial charge in [-0.15, -0.1) is 0 Å². The number of anilines is 1.